The first-order valence-corrected chi connectivity index (χ1v) is 10.9. The Morgan fingerprint density at radius 2 is 1.93 bits per heavy atom. The Hall–Kier alpha value is -1.80. The zero-order valence-electron chi connectivity index (χ0n) is 16.4. The maximum absolute atomic E-state index is 12.8. The van der Waals surface area contributed by atoms with Crippen LogP contribution in [0.4, 0.5) is 0 Å². The number of amides is 1. The van der Waals surface area contributed by atoms with Gasteiger partial charge in [-0.3, -0.25) is 14.6 Å². The normalized spacial score (nSPS) is 21.8. The molecule has 7 heteroatoms. The minimum atomic E-state index is -0.0111. The standard InChI is InChI=1S/C21H28N4O2S/c1-17-16-28-21(22-17)19-14-24(11-12-27-19)15-20(26)25-9-7-23(8-10-25)13-18-5-3-2-4-6-18/h2-6,16,19H,7-15H2,1H3. The highest BCUT2D eigenvalue weighted by Gasteiger charge is 2.28. The molecule has 0 N–H and O–H groups in total. The molecule has 2 fully saturated rings. The molecular weight excluding hydrogens is 372 g/mol. The minimum Gasteiger partial charge on any atom is -0.368 e. The van der Waals surface area contributed by atoms with Gasteiger partial charge in [-0.25, -0.2) is 4.98 Å². The largest absolute Gasteiger partial charge is 0.368 e. The molecule has 1 aromatic carbocycles. The first-order chi connectivity index (χ1) is 13.7. The fraction of sp³-hybridized carbons (Fsp3) is 0.524. The van der Waals surface area contributed by atoms with Crippen molar-refractivity contribution in [1.82, 2.24) is 19.7 Å². The second-order valence-corrected chi connectivity index (χ2v) is 8.45. The average Bonchev–Trinajstić information content (AvgIpc) is 3.16. The number of carbonyl (C=O) groups excluding carboxylic acids is 1. The predicted molar refractivity (Wildman–Crippen MR) is 110 cm³/mol. The van der Waals surface area contributed by atoms with Crippen LogP contribution in [0.3, 0.4) is 0 Å². The van der Waals surface area contributed by atoms with Crippen molar-refractivity contribution in [2.75, 3.05) is 52.4 Å². The number of nitrogens with zero attached hydrogens (tertiary/aromatic N) is 4. The number of ether oxygens (including phenoxy) is 1. The van der Waals surface area contributed by atoms with Gasteiger partial charge in [-0.1, -0.05) is 30.3 Å². The molecule has 0 spiro atoms. The van der Waals surface area contributed by atoms with Gasteiger partial charge in [0.1, 0.15) is 11.1 Å². The smallest absolute Gasteiger partial charge is 0.236 e. The lowest BCUT2D eigenvalue weighted by Gasteiger charge is -2.37. The predicted octanol–water partition coefficient (Wildman–Crippen LogP) is 2.17. The number of hydrogen-bond acceptors (Lipinski definition) is 6. The van der Waals surface area contributed by atoms with E-state index in [1.165, 1.54) is 5.56 Å². The van der Waals surface area contributed by atoms with Gasteiger partial charge in [-0.2, -0.15) is 0 Å². The van der Waals surface area contributed by atoms with Crippen molar-refractivity contribution in [1.29, 1.82) is 0 Å². The zero-order chi connectivity index (χ0) is 19.3. The quantitative estimate of drug-likeness (QED) is 0.770. The second kappa shape index (κ2) is 9.13. The number of rotatable bonds is 5. The Morgan fingerprint density at radius 3 is 2.64 bits per heavy atom. The van der Waals surface area contributed by atoms with E-state index in [4.69, 9.17) is 4.74 Å². The van der Waals surface area contributed by atoms with Crippen molar-refractivity contribution < 1.29 is 9.53 Å². The van der Waals surface area contributed by atoms with Crippen molar-refractivity contribution in [3.05, 3.63) is 52.0 Å². The molecule has 3 heterocycles. The van der Waals surface area contributed by atoms with Crippen molar-refractivity contribution in [3.63, 3.8) is 0 Å². The maximum atomic E-state index is 12.8. The van der Waals surface area contributed by atoms with Crippen molar-refractivity contribution in [2.24, 2.45) is 0 Å². The minimum absolute atomic E-state index is 0.0111. The van der Waals surface area contributed by atoms with Gasteiger partial charge in [0.25, 0.3) is 0 Å². The van der Waals surface area contributed by atoms with E-state index in [-0.39, 0.29) is 12.0 Å². The van der Waals surface area contributed by atoms with Crippen LogP contribution >= 0.6 is 11.3 Å². The molecule has 1 aromatic heterocycles. The van der Waals surface area contributed by atoms with Crippen LogP contribution in [-0.2, 0) is 16.1 Å². The number of benzene rings is 1. The van der Waals surface area contributed by atoms with Gasteiger partial charge in [-0.15, -0.1) is 11.3 Å². The van der Waals surface area contributed by atoms with Crippen molar-refractivity contribution >= 4 is 17.2 Å². The van der Waals surface area contributed by atoms with Gasteiger partial charge in [0, 0.05) is 56.9 Å². The van der Waals surface area contributed by atoms with Crippen LogP contribution in [0.25, 0.3) is 0 Å². The highest BCUT2D eigenvalue weighted by atomic mass is 32.1. The average molecular weight is 401 g/mol. The number of aryl methyl sites for hydroxylation is 1. The van der Waals surface area contributed by atoms with Crippen LogP contribution in [0.5, 0.6) is 0 Å². The Balaban J connectivity index is 1.24. The summed E-state index contributed by atoms with van der Waals surface area (Å²) in [5.41, 5.74) is 2.37. The lowest BCUT2D eigenvalue weighted by Crippen LogP contribution is -2.52. The molecule has 1 unspecified atom stereocenters. The number of thiazole rings is 1. The SMILES string of the molecule is Cc1csc(C2CN(CC(=O)N3CCN(Cc4ccccc4)CC3)CCO2)n1. The molecule has 2 aliphatic heterocycles. The highest BCUT2D eigenvalue weighted by molar-refractivity contribution is 7.09. The van der Waals surface area contributed by atoms with Gasteiger partial charge in [0.2, 0.25) is 5.91 Å². The van der Waals surface area contributed by atoms with Crippen LogP contribution in [0.1, 0.15) is 22.4 Å². The van der Waals surface area contributed by atoms with Crippen LogP contribution in [0, 0.1) is 6.92 Å². The topological polar surface area (TPSA) is 48.9 Å². The Morgan fingerprint density at radius 1 is 1.14 bits per heavy atom. The number of hydrogen-bond donors (Lipinski definition) is 0. The third-order valence-corrected chi connectivity index (χ3v) is 6.45. The van der Waals surface area contributed by atoms with E-state index in [0.717, 1.165) is 56.5 Å². The molecule has 2 aliphatic rings. The first-order valence-electron chi connectivity index (χ1n) is 9.97. The highest BCUT2D eigenvalue weighted by Crippen LogP contribution is 2.25. The van der Waals surface area contributed by atoms with Crippen molar-refractivity contribution in [2.45, 2.75) is 19.6 Å². The Labute approximate surface area is 170 Å². The van der Waals surface area contributed by atoms with E-state index >= 15 is 0 Å². The molecule has 2 aromatic rings. The molecule has 0 radical (unpaired) electrons. The van der Waals surface area contributed by atoms with E-state index in [9.17, 15) is 4.79 Å². The second-order valence-electron chi connectivity index (χ2n) is 7.56. The molecule has 0 bridgehead atoms. The number of morpholine rings is 1. The summed E-state index contributed by atoms with van der Waals surface area (Å²) >= 11 is 1.64. The fourth-order valence-corrected chi connectivity index (χ4v) is 4.64. The molecular formula is C21H28N4O2S. The lowest BCUT2D eigenvalue weighted by atomic mass is 10.2. The monoisotopic (exact) mass is 400 g/mol. The third-order valence-electron chi connectivity index (χ3n) is 5.40. The van der Waals surface area contributed by atoms with E-state index in [0.29, 0.717) is 13.2 Å². The molecule has 2 saturated heterocycles. The molecule has 0 aliphatic carbocycles. The Bertz CT molecular complexity index is 774. The van der Waals surface area contributed by atoms with Gasteiger partial charge in [0.05, 0.1) is 13.2 Å². The number of piperazine rings is 1. The van der Waals surface area contributed by atoms with Crippen LogP contribution in [0.2, 0.25) is 0 Å². The molecule has 28 heavy (non-hydrogen) atoms. The summed E-state index contributed by atoms with van der Waals surface area (Å²) in [5.74, 6) is 0.232. The van der Waals surface area contributed by atoms with Crippen LogP contribution < -0.4 is 0 Å². The first kappa shape index (κ1) is 19.5. The van der Waals surface area contributed by atoms with Gasteiger partial charge in [-0.05, 0) is 12.5 Å². The maximum Gasteiger partial charge on any atom is 0.236 e. The molecule has 4 rings (SSSR count). The summed E-state index contributed by atoms with van der Waals surface area (Å²) in [5, 5.41) is 3.07. The summed E-state index contributed by atoms with van der Waals surface area (Å²) in [6.07, 6.45) is -0.0111. The summed E-state index contributed by atoms with van der Waals surface area (Å²) < 4.78 is 5.88. The molecule has 150 valence electrons. The van der Waals surface area contributed by atoms with Crippen LogP contribution in [-0.4, -0.2) is 78.0 Å². The van der Waals surface area contributed by atoms with Gasteiger partial charge < -0.3 is 9.64 Å². The molecule has 0 saturated carbocycles. The van der Waals surface area contributed by atoms with E-state index in [1.54, 1.807) is 11.3 Å². The molecule has 1 amide bonds. The molecule has 1 atom stereocenters. The lowest BCUT2D eigenvalue weighted by molar-refractivity contribution is -0.136. The number of carbonyl (C=O) groups is 1. The summed E-state index contributed by atoms with van der Waals surface area (Å²) in [6.45, 7) is 9.13. The van der Waals surface area contributed by atoms with E-state index in [2.05, 4.69) is 44.4 Å². The number of aromatic nitrogens is 1. The zero-order valence-corrected chi connectivity index (χ0v) is 17.2. The van der Waals surface area contributed by atoms with Gasteiger partial charge in [0.15, 0.2) is 0 Å². The third kappa shape index (κ3) is 4.97. The summed E-state index contributed by atoms with van der Waals surface area (Å²) in [7, 11) is 0. The van der Waals surface area contributed by atoms with Crippen molar-refractivity contribution in [3.8, 4) is 0 Å². The summed E-state index contributed by atoms with van der Waals surface area (Å²) in [6, 6.07) is 10.5. The van der Waals surface area contributed by atoms with E-state index < -0.39 is 0 Å². The Kier molecular flexibility index (Phi) is 6.36. The molecule has 6 nitrogen and oxygen atoms in total. The fourth-order valence-electron chi connectivity index (χ4n) is 3.80. The summed E-state index contributed by atoms with van der Waals surface area (Å²) in [4.78, 5) is 24.0. The van der Waals surface area contributed by atoms with Crippen LogP contribution in [0.15, 0.2) is 35.7 Å². The van der Waals surface area contributed by atoms with Gasteiger partial charge >= 0.3 is 0 Å². The van der Waals surface area contributed by atoms with E-state index in [1.807, 2.05) is 17.9 Å².